The average Bonchev–Trinajstić information content (AvgIpc) is 3.62. The summed E-state index contributed by atoms with van der Waals surface area (Å²) in [7, 11) is 0. The van der Waals surface area contributed by atoms with Crippen LogP contribution in [0.3, 0.4) is 0 Å². The quantitative estimate of drug-likeness (QED) is 0.138. The highest BCUT2D eigenvalue weighted by atomic mass is 16.6. The van der Waals surface area contributed by atoms with E-state index >= 15 is 0 Å². The Bertz CT molecular complexity index is 2050. The highest BCUT2D eigenvalue weighted by Crippen LogP contribution is 2.64. The van der Waals surface area contributed by atoms with Gasteiger partial charge >= 0.3 is 12.0 Å². The summed E-state index contributed by atoms with van der Waals surface area (Å²) in [6.07, 6.45) is -0.811. The molecule has 7 N–H and O–H groups in total. The zero-order valence-electron chi connectivity index (χ0n) is 27.3. The Morgan fingerprint density at radius 1 is 0.902 bits per heavy atom. The van der Waals surface area contributed by atoms with Crippen LogP contribution in [0.5, 0.6) is 5.75 Å². The maximum Gasteiger partial charge on any atom is 0.324 e. The van der Waals surface area contributed by atoms with Crippen LogP contribution < -0.4 is 26.8 Å². The van der Waals surface area contributed by atoms with Crippen molar-refractivity contribution < 1.29 is 33.8 Å². The third kappa shape index (κ3) is 5.72. The van der Waals surface area contributed by atoms with E-state index < -0.39 is 59.4 Å². The molecule has 7 rings (SSSR count). The van der Waals surface area contributed by atoms with E-state index in [1.165, 1.54) is 0 Å². The van der Waals surface area contributed by atoms with Crippen molar-refractivity contribution in [2.24, 2.45) is 17.4 Å². The number of aliphatic hydroxyl groups is 1. The lowest BCUT2D eigenvalue weighted by Crippen LogP contribution is -2.53. The van der Waals surface area contributed by atoms with Crippen molar-refractivity contribution in [3.63, 3.8) is 0 Å². The summed E-state index contributed by atoms with van der Waals surface area (Å²) in [4.78, 5) is 56.3. The number of rotatable bonds is 8. The number of hydrogen-bond acceptors (Lipinski definition) is 8. The number of amides is 4. The van der Waals surface area contributed by atoms with E-state index in [1.54, 1.807) is 42.5 Å². The van der Waals surface area contributed by atoms with Crippen LogP contribution in [-0.4, -0.2) is 59.6 Å². The minimum Gasteiger partial charge on any atom is -0.491 e. The molecule has 2 fully saturated rings. The van der Waals surface area contributed by atoms with Crippen molar-refractivity contribution in [2.75, 3.05) is 25.1 Å². The van der Waals surface area contributed by atoms with E-state index in [0.29, 0.717) is 28.1 Å². The van der Waals surface area contributed by atoms with Crippen LogP contribution in [0.1, 0.15) is 46.0 Å². The fraction of sp³-hybridized carbons (Fsp3) is 0.231. The lowest BCUT2D eigenvalue weighted by atomic mass is 9.65. The second-order valence-corrected chi connectivity index (χ2v) is 12.5. The van der Waals surface area contributed by atoms with Gasteiger partial charge in [0.1, 0.15) is 29.9 Å². The maximum absolute atomic E-state index is 14.8. The molecule has 0 radical (unpaired) electrons. The smallest absolute Gasteiger partial charge is 0.324 e. The van der Waals surface area contributed by atoms with Gasteiger partial charge in [-0.15, -0.1) is 0 Å². The van der Waals surface area contributed by atoms with Crippen LogP contribution in [0.4, 0.5) is 10.5 Å². The van der Waals surface area contributed by atoms with Gasteiger partial charge in [-0.2, -0.15) is 0 Å². The number of nitrogens with zero attached hydrogens (tertiary/aromatic N) is 1. The van der Waals surface area contributed by atoms with E-state index in [9.17, 15) is 24.3 Å². The van der Waals surface area contributed by atoms with Crippen molar-refractivity contribution in [3.05, 3.63) is 131 Å². The fourth-order valence-electron chi connectivity index (χ4n) is 7.89. The minimum atomic E-state index is -1.72. The number of anilines is 1. The number of urea groups is 1. The summed E-state index contributed by atoms with van der Waals surface area (Å²) in [6.45, 7) is -0.0983. The number of aliphatic hydroxyl groups excluding tert-OH is 1. The van der Waals surface area contributed by atoms with Gasteiger partial charge in [0.15, 0.2) is 0 Å². The third-order valence-corrected chi connectivity index (χ3v) is 9.75. The van der Waals surface area contributed by atoms with Gasteiger partial charge < -0.3 is 36.7 Å². The molecule has 0 bridgehead atoms. The number of fused-ring (bicyclic) bond motifs is 3. The first-order valence-electron chi connectivity index (χ1n) is 16.4. The Morgan fingerprint density at radius 3 is 2.24 bits per heavy atom. The summed E-state index contributed by atoms with van der Waals surface area (Å²) in [5.74, 6) is 2.93. The molecule has 258 valence electrons. The predicted octanol–water partition coefficient (Wildman–Crippen LogP) is 2.83. The van der Waals surface area contributed by atoms with Gasteiger partial charge in [-0.1, -0.05) is 84.6 Å². The van der Waals surface area contributed by atoms with Crippen molar-refractivity contribution in [1.82, 2.24) is 10.2 Å². The van der Waals surface area contributed by atoms with Gasteiger partial charge in [0.2, 0.25) is 11.8 Å². The number of morpholine rings is 1. The Hall–Kier alpha value is -6.16. The average molecular weight is 686 g/mol. The number of cyclic esters (lactones) is 1. The van der Waals surface area contributed by atoms with Crippen LogP contribution in [0.25, 0.3) is 0 Å². The van der Waals surface area contributed by atoms with E-state index in [2.05, 4.69) is 22.5 Å². The molecule has 6 atom stereocenters. The Labute approximate surface area is 293 Å². The summed E-state index contributed by atoms with van der Waals surface area (Å²) in [5.41, 5.74) is 13.3. The predicted molar refractivity (Wildman–Crippen MR) is 186 cm³/mol. The van der Waals surface area contributed by atoms with Crippen LogP contribution in [0.2, 0.25) is 0 Å². The minimum absolute atomic E-state index is 0.00665. The van der Waals surface area contributed by atoms with Gasteiger partial charge in [-0.25, -0.2) is 4.79 Å². The van der Waals surface area contributed by atoms with Crippen LogP contribution in [0, 0.1) is 17.8 Å². The number of nitrogens with two attached hydrogens (primary N) is 2. The molecule has 0 aliphatic carbocycles. The van der Waals surface area contributed by atoms with Crippen molar-refractivity contribution in [1.29, 1.82) is 0 Å². The second kappa shape index (κ2) is 13.6. The Balaban J connectivity index is 1.49. The van der Waals surface area contributed by atoms with Crippen LogP contribution >= 0.6 is 0 Å². The standard InChI is InChI=1S/C39H35N5O7/c40-35(46)30-32-36(47)51-33(25-11-5-2-6-12-25)31(24-9-3-1-4-10-24)44(32)34(26-14-16-27(17-15-26)50-21-20-45)39(30)28-22-23(8-7-19-42-38(41)49)13-18-29(28)43-37(39)48/h1-6,9-18,22,30-34,45H,19-21H2,(H2,40,46)(H,43,48)(H3,41,42,49)/t30-,31-,32-,33+,34+,39-/m0/s1. The lowest BCUT2D eigenvalue weighted by molar-refractivity contribution is -0.178. The molecule has 3 heterocycles. The molecule has 4 amide bonds. The molecule has 4 aromatic carbocycles. The van der Waals surface area contributed by atoms with Crippen molar-refractivity contribution in [2.45, 2.75) is 29.6 Å². The first-order chi connectivity index (χ1) is 24.7. The number of nitrogens with one attached hydrogen (secondary N) is 2. The topological polar surface area (TPSA) is 186 Å². The molecule has 2 saturated heterocycles. The second-order valence-electron chi connectivity index (χ2n) is 12.5. The van der Waals surface area contributed by atoms with E-state index in [1.807, 2.05) is 65.6 Å². The van der Waals surface area contributed by atoms with Gasteiger partial charge in [-0.3, -0.25) is 19.3 Å². The number of ether oxygens (including phenoxy) is 2. The van der Waals surface area contributed by atoms with Gasteiger partial charge in [0.05, 0.1) is 31.2 Å². The summed E-state index contributed by atoms with van der Waals surface area (Å²) in [5, 5.41) is 14.7. The molecule has 3 aliphatic rings. The molecular formula is C39H35N5O7. The maximum atomic E-state index is 14.8. The number of benzene rings is 4. The number of esters is 1. The Morgan fingerprint density at radius 2 is 1.59 bits per heavy atom. The number of carbonyl (C=O) groups excluding carboxylic acids is 4. The highest BCUT2D eigenvalue weighted by molar-refractivity contribution is 6.12. The normalized spacial score (nSPS) is 24.8. The number of primary amides is 2. The molecule has 0 aromatic heterocycles. The number of carbonyl (C=O) groups is 4. The van der Waals surface area contributed by atoms with Crippen molar-refractivity contribution >= 4 is 29.5 Å². The van der Waals surface area contributed by atoms with E-state index in [0.717, 1.165) is 11.1 Å². The van der Waals surface area contributed by atoms with Crippen LogP contribution in [-0.2, 0) is 24.5 Å². The summed E-state index contributed by atoms with van der Waals surface area (Å²) < 4.78 is 11.9. The van der Waals surface area contributed by atoms with Crippen molar-refractivity contribution in [3.8, 4) is 17.6 Å². The molecule has 12 nitrogen and oxygen atoms in total. The van der Waals surface area contributed by atoms with E-state index in [-0.39, 0.29) is 19.8 Å². The molecule has 4 aromatic rings. The monoisotopic (exact) mass is 685 g/mol. The zero-order chi connectivity index (χ0) is 35.7. The molecule has 3 aliphatic heterocycles. The van der Waals surface area contributed by atoms with Gasteiger partial charge in [-0.05, 0) is 52.6 Å². The summed E-state index contributed by atoms with van der Waals surface area (Å²) in [6, 6.07) is 27.5. The van der Waals surface area contributed by atoms with Gasteiger partial charge in [0.25, 0.3) is 0 Å². The number of hydrogen-bond donors (Lipinski definition) is 5. The highest BCUT2D eigenvalue weighted by Gasteiger charge is 2.73. The van der Waals surface area contributed by atoms with Crippen LogP contribution in [0.15, 0.2) is 103 Å². The van der Waals surface area contributed by atoms with E-state index in [4.69, 9.17) is 20.9 Å². The molecular weight excluding hydrogens is 650 g/mol. The van der Waals surface area contributed by atoms with Gasteiger partial charge in [0, 0.05) is 11.3 Å². The lowest BCUT2D eigenvalue weighted by Gasteiger charge is -2.46. The molecule has 1 spiro atoms. The fourth-order valence-corrected chi connectivity index (χ4v) is 7.89. The first-order valence-corrected chi connectivity index (χ1v) is 16.4. The third-order valence-electron chi connectivity index (χ3n) is 9.75. The largest absolute Gasteiger partial charge is 0.491 e. The summed E-state index contributed by atoms with van der Waals surface area (Å²) >= 11 is 0. The molecule has 51 heavy (non-hydrogen) atoms. The first kappa shape index (κ1) is 33.3. The molecule has 0 unspecified atom stereocenters. The SMILES string of the molecule is NC(=O)NCC#Cc1ccc2c(c1)[C@]1(C(=O)N2)[C@H](C(N)=O)[C@H]2C(=O)O[C@H](c3ccccc3)[C@H](c3ccccc3)N2[C@@H]1c1ccc(OCCO)cc1. The molecule has 12 heteroatoms. The Kier molecular flexibility index (Phi) is 8.91. The zero-order valence-corrected chi connectivity index (χ0v) is 27.3. The molecule has 0 saturated carbocycles.